The molecule has 0 unspecified atom stereocenters. The molecule has 140 valence electrons. The summed E-state index contributed by atoms with van der Waals surface area (Å²) in [6.07, 6.45) is 3.25. The van der Waals surface area contributed by atoms with E-state index >= 15 is 0 Å². The molecule has 0 fully saturated rings. The molecular weight excluding hydrogens is 352 g/mol. The van der Waals surface area contributed by atoms with Gasteiger partial charge in [0, 0.05) is 18.3 Å². The van der Waals surface area contributed by atoms with E-state index in [9.17, 15) is 4.79 Å². The summed E-state index contributed by atoms with van der Waals surface area (Å²) in [4.78, 5) is 22.2. The van der Waals surface area contributed by atoms with Crippen molar-refractivity contribution in [3.63, 3.8) is 0 Å². The Balaban J connectivity index is 1.89. The topological polar surface area (TPSA) is 86.8 Å². The highest BCUT2D eigenvalue weighted by Crippen LogP contribution is 2.38. The first-order valence-electron chi connectivity index (χ1n) is 8.92. The number of fused-ring (bicyclic) bond motifs is 1. The van der Waals surface area contributed by atoms with Crippen molar-refractivity contribution >= 4 is 39.8 Å². The summed E-state index contributed by atoms with van der Waals surface area (Å²) < 4.78 is 0. The zero-order valence-corrected chi connectivity index (χ0v) is 15.9. The maximum atomic E-state index is 11.3. The fraction of sp³-hybridized carbons (Fsp3) is 0.143. The number of aryl methyl sites for hydroxylation is 2. The third kappa shape index (κ3) is 3.29. The Labute approximate surface area is 162 Å². The summed E-state index contributed by atoms with van der Waals surface area (Å²) in [5.41, 5.74) is 5.67. The van der Waals surface area contributed by atoms with Crippen molar-refractivity contribution in [1.29, 1.82) is 0 Å². The van der Waals surface area contributed by atoms with Crippen molar-refractivity contribution in [1.82, 2.24) is 20.2 Å². The maximum absolute atomic E-state index is 11.3. The number of carbonyl (C=O) groups is 1. The van der Waals surface area contributed by atoms with Crippen molar-refractivity contribution < 1.29 is 4.79 Å². The number of aromatic nitrogens is 4. The Morgan fingerprint density at radius 1 is 1.07 bits per heavy atom. The Morgan fingerprint density at radius 2 is 1.86 bits per heavy atom. The van der Waals surface area contributed by atoms with Crippen LogP contribution in [0.25, 0.3) is 11.0 Å². The quantitative estimate of drug-likeness (QED) is 0.554. The van der Waals surface area contributed by atoms with Gasteiger partial charge in [-0.3, -0.25) is 14.8 Å². The first-order chi connectivity index (χ1) is 13.5. The minimum Gasteiger partial charge on any atom is -0.326 e. The molecule has 4 rings (SSSR count). The predicted octanol–water partition coefficient (Wildman–Crippen LogP) is 4.40. The second-order valence-corrected chi connectivity index (χ2v) is 6.68. The Bertz CT molecular complexity index is 1150. The number of carbonyl (C=O) groups excluding carboxylic acids is 1. The van der Waals surface area contributed by atoms with Crippen LogP contribution in [-0.4, -0.2) is 26.1 Å². The van der Waals surface area contributed by atoms with Crippen LogP contribution < -0.4 is 10.2 Å². The van der Waals surface area contributed by atoms with Crippen molar-refractivity contribution in [2.24, 2.45) is 0 Å². The number of hydrogen-bond acceptors (Lipinski definition) is 5. The molecule has 0 radical (unpaired) electrons. The van der Waals surface area contributed by atoms with E-state index in [1.165, 1.54) is 18.8 Å². The van der Waals surface area contributed by atoms with Gasteiger partial charge in [-0.2, -0.15) is 5.10 Å². The molecular formula is C21H20N6O. The number of hydrogen-bond donors (Lipinski definition) is 2. The van der Waals surface area contributed by atoms with Gasteiger partial charge >= 0.3 is 0 Å². The van der Waals surface area contributed by atoms with Crippen LogP contribution in [0.5, 0.6) is 0 Å². The zero-order valence-electron chi connectivity index (χ0n) is 15.9. The van der Waals surface area contributed by atoms with Gasteiger partial charge in [-0.05, 0) is 49.7 Å². The number of anilines is 4. The predicted molar refractivity (Wildman–Crippen MR) is 110 cm³/mol. The van der Waals surface area contributed by atoms with E-state index in [-0.39, 0.29) is 5.91 Å². The van der Waals surface area contributed by atoms with Crippen molar-refractivity contribution in [3.8, 4) is 0 Å². The number of nitrogens with one attached hydrogen (secondary N) is 2. The fourth-order valence-electron chi connectivity index (χ4n) is 3.26. The van der Waals surface area contributed by atoms with E-state index in [0.29, 0.717) is 5.65 Å². The molecule has 1 amide bonds. The largest absolute Gasteiger partial charge is 0.326 e. The van der Waals surface area contributed by atoms with Crippen LogP contribution >= 0.6 is 0 Å². The minimum atomic E-state index is -0.102. The molecule has 0 spiro atoms. The molecule has 0 saturated carbocycles. The zero-order chi connectivity index (χ0) is 19.7. The number of amides is 1. The number of nitrogens with zero attached hydrogens (tertiary/aromatic N) is 4. The van der Waals surface area contributed by atoms with Crippen LogP contribution in [0, 0.1) is 13.8 Å². The number of H-pyrrole nitrogens is 1. The lowest BCUT2D eigenvalue weighted by Gasteiger charge is -2.26. The van der Waals surface area contributed by atoms with E-state index in [1.807, 2.05) is 24.3 Å². The molecule has 0 saturated heterocycles. The Morgan fingerprint density at radius 3 is 2.57 bits per heavy atom. The van der Waals surface area contributed by atoms with Gasteiger partial charge in [0.2, 0.25) is 5.91 Å². The number of rotatable bonds is 4. The molecule has 0 aliphatic heterocycles. The lowest BCUT2D eigenvalue weighted by Crippen LogP contribution is -2.14. The molecule has 7 nitrogen and oxygen atoms in total. The average Bonchev–Trinajstić information content (AvgIpc) is 3.14. The lowest BCUT2D eigenvalue weighted by molar-refractivity contribution is -0.114. The molecule has 2 N–H and O–H groups in total. The van der Waals surface area contributed by atoms with Gasteiger partial charge < -0.3 is 5.32 Å². The van der Waals surface area contributed by atoms with Crippen LogP contribution in [0.1, 0.15) is 18.1 Å². The van der Waals surface area contributed by atoms with Gasteiger partial charge in [-0.15, -0.1) is 0 Å². The highest BCUT2D eigenvalue weighted by atomic mass is 16.1. The van der Waals surface area contributed by atoms with Crippen LogP contribution in [0.4, 0.5) is 22.9 Å². The fourth-order valence-corrected chi connectivity index (χ4v) is 3.26. The maximum Gasteiger partial charge on any atom is 0.221 e. The van der Waals surface area contributed by atoms with Gasteiger partial charge in [0.05, 0.1) is 17.3 Å². The molecule has 0 atom stereocenters. The molecule has 28 heavy (non-hydrogen) atoms. The van der Waals surface area contributed by atoms with Crippen LogP contribution in [0.3, 0.4) is 0 Å². The third-order valence-electron chi connectivity index (χ3n) is 4.48. The lowest BCUT2D eigenvalue weighted by atomic mass is 10.1. The highest BCUT2D eigenvalue weighted by Gasteiger charge is 2.19. The summed E-state index contributed by atoms with van der Waals surface area (Å²) >= 11 is 0. The molecule has 0 aliphatic carbocycles. The van der Waals surface area contributed by atoms with E-state index < -0.39 is 0 Å². The average molecular weight is 372 g/mol. The van der Waals surface area contributed by atoms with E-state index in [2.05, 4.69) is 62.4 Å². The second kappa shape index (κ2) is 7.11. The first kappa shape index (κ1) is 17.7. The smallest absolute Gasteiger partial charge is 0.221 e. The highest BCUT2D eigenvalue weighted by molar-refractivity contribution is 5.94. The van der Waals surface area contributed by atoms with Gasteiger partial charge in [-0.1, -0.05) is 17.7 Å². The molecule has 2 heterocycles. The summed E-state index contributed by atoms with van der Waals surface area (Å²) in [6.45, 7) is 5.64. The van der Waals surface area contributed by atoms with Gasteiger partial charge in [0.25, 0.3) is 0 Å². The molecule has 7 heteroatoms. The number of aromatic amines is 1. The van der Waals surface area contributed by atoms with Gasteiger partial charge in [0.1, 0.15) is 6.33 Å². The summed E-state index contributed by atoms with van der Waals surface area (Å²) in [5.74, 6) is 0.632. The molecule has 2 aromatic heterocycles. The minimum absolute atomic E-state index is 0.102. The summed E-state index contributed by atoms with van der Waals surface area (Å²) in [7, 11) is 0. The third-order valence-corrected chi connectivity index (χ3v) is 4.48. The van der Waals surface area contributed by atoms with E-state index in [4.69, 9.17) is 0 Å². The number of benzene rings is 2. The van der Waals surface area contributed by atoms with Gasteiger partial charge in [0.15, 0.2) is 11.5 Å². The van der Waals surface area contributed by atoms with Gasteiger partial charge in [-0.25, -0.2) is 9.97 Å². The van der Waals surface area contributed by atoms with E-state index in [0.717, 1.165) is 33.8 Å². The molecule has 0 bridgehead atoms. The Hall–Kier alpha value is -3.74. The first-order valence-corrected chi connectivity index (χ1v) is 8.92. The standard InChI is InChI=1S/C21H20N6O/c1-13-4-9-19(14(2)10-13)27(17-7-5-16(6-8-17)25-15(3)28)21-18-11-24-26-20(18)22-12-23-21/h4-12H,1-3H3,(H,25,28)(H,22,23,24,26). The molecule has 4 aromatic rings. The molecule has 0 aliphatic rings. The summed E-state index contributed by atoms with van der Waals surface area (Å²) in [5, 5.41) is 10.6. The van der Waals surface area contributed by atoms with Crippen LogP contribution in [0.2, 0.25) is 0 Å². The van der Waals surface area contributed by atoms with Crippen molar-refractivity contribution in [3.05, 3.63) is 66.1 Å². The second-order valence-electron chi connectivity index (χ2n) is 6.68. The van der Waals surface area contributed by atoms with Crippen LogP contribution in [0.15, 0.2) is 55.0 Å². The normalized spacial score (nSPS) is 10.8. The van der Waals surface area contributed by atoms with Crippen molar-refractivity contribution in [2.75, 3.05) is 10.2 Å². The SMILES string of the molecule is CC(=O)Nc1ccc(N(c2ccc(C)cc2C)c2ncnc3[nH]ncc23)cc1. The monoisotopic (exact) mass is 372 g/mol. The van der Waals surface area contributed by atoms with Crippen LogP contribution in [-0.2, 0) is 4.79 Å². The summed E-state index contributed by atoms with van der Waals surface area (Å²) in [6, 6.07) is 14.0. The molecule has 2 aromatic carbocycles. The van der Waals surface area contributed by atoms with E-state index in [1.54, 1.807) is 6.20 Å². The van der Waals surface area contributed by atoms with Crippen molar-refractivity contribution in [2.45, 2.75) is 20.8 Å². The Kier molecular flexibility index (Phi) is 4.49.